The van der Waals surface area contributed by atoms with Gasteiger partial charge in [-0.15, -0.1) is 0 Å². The molecule has 5 rings (SSSR count). The zero-order valence-electron chi connectivity index (χ0n) is 20.8. The second kappa shape index (κ2) is 9.93. The minimum Gasteiger partial charge on any atom is -0.493 e. The molecule has 0 radical (unpaired) electrons. The number of rotatable bonds is 7. The number of halogens is 1. The molecular weight excluding hydrogens is 473 g/mol. The number of hydrogen-bond donors (Lipinski definition) is 1. The Hall–Kier alpha value is -4.39. The van der Waals surface area contributed by atoms with Gasteiger partial charge in [0.05, 0.1) is 25.0 Å². The molecule has 3 aromatic rings. The summed E-state index contributed by atoms with van der Waals surface area (Å²) in [6.07, 6.45) is 0. The molecule has 0 saturated heterocycles. The van der Waals surface area contributed by atoms with Gasteiger partial charge in [-0.2, -0.15) is 0 Å². The molecule has 3 aromatic carbocycles. The molecule has 1 atom stereocenters. The van der Waals surface area contributed by atoms with Crippen LogP contribution in [0.15, 0.2) is 83.6 Å². The van der Waals surface area contributed by atoms with Gasteiger partial charge >= 0.3 is 5.97 Å². The third kappa shape index (κ3) is 4.37. The Bertz CT molecular complexity index is 1470. The van der Waals surface area contributed by atoms with Gasteiger partial charge in [0.25, 0.3) is 0 Å². The molecule has 0 saturated carbocycles. The SMILES string of the molecule is CCOC(=O)C1=C(C)NC2=C(C(=O)c3ccccc32)[C@H]1c1ccc(OCc2cccc(F)c2)c(OC)c1. The third-order valence-corrected chi connectivity index (χ3v) is 6.55. The smallest absolute Gasteiger partial charge is 0.336 e. The Balaban J connectivity index is 1.56. The molecule has 2 aliphatic rings. The van der Waals surface area contributed by atoms with Gasteiger partial charge in [0.2, 0.25) is 0 Å². The molecule has 188 valence electrons. The predicted octanol–water partition coefficient (Wildman–Crippen LogP) is 5.54. The zero-order chi connectivity index (χ0) is 26.1. The molecule has 1 aliphatic carbocycles. The Morgan fingerprint density at radius 1 is 1.00 bits per heavy atom. The first-order valence-electron chi connectivity index (χ1n) is 12.0. The molecule has 0 spiro atoms. The van der Waals surface area contributed by atoms with Crippen LogP contribution in [0.3, 0.4) is 0 Å². The number of fused-ring (bicyclic) bond motifs is 2. The van der Waals surface area contributed by atoms with Crippen molar-refractivity contribution in [2.75, 3.05) is 13.7 Å². The van der Waals surface area contributed by atoms with Gasteiger partial charge in [-0.1, -0.05) is 42.5 Å². The molecule has 6 nitrogen and oxygen atoms in total. The number of dihydropyridines is 1. The van der Waals surface area contributed by atoms with Crippen molar-refractivity contribution >= 4 is 17.4 Å². The summed E-state index contributed by atoms with van der Waals surface area (Å²) in [5.41, 5.74) is 4.94. The van der Waals surface area contributed by atoms with Gasteiger partial charge in [0.1, 0.15) is 12.4 Å². The fourth-order valence-electron chi connectivity index (χ4n) is 4.91. The molecule has 0 bridgehead atoms. The Morgan fingerprint density at radius 3 is 2.51 bits per heavy atom. The predicted molar refractivity (Wildman–Crippen MR) is 137 cm³/mol. The van der Waals surface area contributed by atoms with E-state index >= 15 is 0 Å². The Kier molecular flexibility index (Phi) is 6.53. The van der Waals surface area contributed by atoms with Crippen LogP contribution in [0.2, 0.25) is 0 Å². The number of ketones is 1. The van der Waals surface area contributed by atoms with Crippen LogP contribution in [0.1, 0.15) is 46.8 Å². The first-order chi connectivity index (χ1) is 17.9. The zero-order valence-corrected chi connectivity index (χ0v) is 20.8. The molecule has 1 aliphatic heterocycles. The van der Waals surface area contributed by atoms with Crippen LogP contribution in [0, 0.1) is 5.82 Å². The second-order valence-corrected chi connectivity index (χ2v) is 8.81. The molecule has 0 amide bonds. The summed E-state index contributed by atoms with van der Waals surface area (Å²) in [5.74, 6) is -0.742. The number of esters is 1. The van der Waals surface area contributed by atoms with E-state index in [1.807, 2.05) is 31.2 Å². The van der Waals surface area contributed by atoms with E-state index in [0.29, 0.717) is 50.7 Å². The number of methoxy groups -OCH3 is 1. The number of hydrogen-bond acceptors (Lipinski definition) is 6. The highest BCUT2D eigenvalue weighted by Gasteiger charge is 2.43. The average Bonchev–Trinajstić information content (AvgIpc) is 3.18. The monoisotopic (exact) mass is 499 g/mol. The fourth-order valence-corrected chi connectivity index (χ4v) is 4.91. The number of Topliss-reactive ketones (excluding diaryl/α,β-unsaturated/α-hetero) is 1. The summed E-state index contributed by atoms with van der Waals surface area (Å²) in [5, 5.41) is 3.29. The minimum absolute atomic E-state index is 0.136. The lowest BCUT2D eigenvalue weighted by Crippen LogP contribution is -2.29. The van der Waals surface area contributed by atoms with Crippen molar-refractivity contribution in [1.29, 1.82) is 0 Å². The van der Waals surface area contributed by atoms with Crippen molar-refractivity contribution in [2.45, 2.75) is 26.4 Å². The van der Waals surface area contributed by atoms with E-state index in [2.05, 4.69) is 5.32 Å². The summed E-state index contributed by atoms with van der Waals surface area (Å²) in [7, 11) is 1.52. The van der Waals surface area contributed by atoms with E-state index < -0.39 is 11.9 Å². The van der Waals surface area contributed by atoms with Crippen molar-refractivity contribution in [3.05, 3.63) is 112 Å². The summed E-state index contributed by atoms with van der Waals surface area (Å²) >= 11 is 0. The number of benzene rings is 3. The highest BCUT2D eigenvalue weighted by Crippen LogP contribution is 2.48. The molecule has 0 aromatic heterocycles. The minimum atomic E-state index is -0.665. The lowest BCUT2D eigenvalue weighted by Gasteiger charge is -2.29. The maximum atomic E-state index is 13.6. The quantitative estimate of drug-likeness (QED) is 0.430. The van der Waals surface area contributed by atoms with E-state index in [-0.39, 0.29) is 24.8 Å². The first-order valence-corrected chi connectivity index (χ1v) is 12.0. The maximum absolute atomic E-state index is 13.6. The van der Waals surface area contributed by atoms with Crippen molar-refractivity contribution < 1.29 is 28.2 Å². The highest BCUT2D eigenvalue weighted by molar-refractivity contribution is 6.23. The van der Waals surface area contributed by atoms with Crippen LogP contribution in [-0.4, -0.2) is 25.5 Å². The molecule has 0 unspecified atom stereocenters. The summed E-state index contributed by atoms with van der Waals surface area (Å²) < 4.78 is 30.5. The van der Waals surface area contributed by atoms with Crippen LogP contribution >= 0.6 is 0 Å². The number of nitrogens with one attached hydrogen (secondary N) is 1. The lowest BCUT2D eigenvalue weighted by atomic mass is 9.79. The molecule has 1 heterocycles. The largest absolute Gasteiger partial charge is 0.493 e. The van der Waals surface area contributed by atoms with E-state index in [4.69, 9.17) is 14.2 Å². The lowest BCUT2D eigenvalue weighted by molar-refractivity contribution is -0.138. The van der Waals surface area contributed by atoms with E-state index in [0.717, 1.165) is 5.56 Å². The number of carbonyl (C=O) groups is 2. The van der Waals surface area contributed by atoms with E-state index in [1.54, 1.807) is 37.3 Å². The average molecular weight is 500 g/mol. The number of carbonyl (C=O) groups excluding carboxylic acids is 2. The third-order valence-electron chi connectivity index (χ3n) is 6.55. The second-order valence-electron chi connectivity index (χ2n) is 8.81. The van der Waals surface area contributed by atoms with Gasteiger partial charge in [0, 0.05) is 28.3 Å². The Labute approximate surface area is 214 Å². The van der Waals surface area contributed by atoms with Crippen molar-refractivity contribution in [3.8, 4) is 11.5 Å². The van der Waals surface area contributed by atoms with E-state index in [1.165, 1.54) is 19.2 Å². The van der Waals surface area contributed by atoms with Crippen LogP contribution < -0.4 is 14.8 Å². The molecule has 1 N–H and O–H groups in total. The van der Waals surface area contributed by atoms with Crippen molar-refractivity contribution in [2.24, 2.45) is 0 Å². The number of ether oxygens (including phenoxy) is 3. The highest BCUT2D eigenvalue weighted by atomic mass is 19.1. The first kappa shape index (κ1) is 24.3. The van der Waals surface area contributed by atoms with Gasteiger partial charge < -0.3 is 19.5 Å². The Morgan fingerprint density at radius 2 is 1.78 bits per heavy atom. The normalized spacial score (nSPS) is 16.2. The van der Waals surface area contributed by atoms with Gasteiger partial charge in [-0.25, -0.2) is 9.18 Å². The summed E-state index contributed by atoms with van der Waals surface area (Å²) in [6.45, 7) is 3.91. The van der Waals surface area contributed by atoms with Crippen LogP contribution in [0.5, 0.6) is 11.5 Å². The standard InChI is InChI=1S/C30H26FNO5/c1-4-36-30(34)25-17(2)32-28-21-10-5-6-11-22(21)29(33)27(28)26(25)19-12-13-23(24(15-19)35-3)37-16-18-8-7-9-20(31)14-18/h5-15,26,32H,4,16H2,1-3H3/t26-/m0/s1. The number of allylic oxidation sites excluding steroid dienone is 2. The van der Waals surface area contributed by atoms with Crippen LogP contribution in [0.25, 0.3) is 5.70 Å². The topological polar surface area (TPSA) is 73.9 Å². The van der Waals surface area contributed by atoms with Gasteiger partial charge in [-0.05, 0) is 49.2 Å². The van der Waals surface area contributed by atoms with Crippen LogP contribution in [0.4, 0.5) is 4.39 Å². The fraction of sp³-hybridized carbons (Fsp3) is 0.200. The molecule has 0 fully saturated rings. The molecule has 7 heteroatoms. The molecular formula is C30H26FNO5. The molecule has 37 heavy (non-hydrogen) atoms. The van der Waals surface area contributed by atoms with Gasteiger partial charge in [0.15, 0.2) is 17.3 Å². The summed E-state index contributed by atoms with van der Waals surface area (Å²) in [6, 6.07) is 18.9. The van der Waals surface area contributed by atoms with Crippen LogP contribution in [-0.2, 0) is 16.1 Å². The maximum Gasteiger partial charge on any atom is 0.336 e. The van der Waals surface area contributed by atoms with E-state index in [9.17, 15) is 14.0 Å². The van der Waals surface area contributed by atoms with Crippen molar-refractivity contribution in [3.63, 3.8) is 0 Å². The summed E-state index contributed by atoms with van der Waals surface area (Å²) in [4.78, 5) is 26.7. The van der Waals surface area contributed by atoms with Crippen molar-refractivity contribution in [1.82, 2.24) is 5.32 Å². The van der Waals surface area contributed by atoms with Gasteiger partial charge in [-0.3, -0.25) is 4.79 Å².